The van der Waals surface area contributed by atoms with Crippen LogP contribution in [0.5, 0.6) is 0 Å². The van der Waals surface area contributed by atoms with E-state index >= 15 is 0 Å². The Labute approximate surface area is 99.5 Å². The Morgan fingerprint density at radius 1 is 1.41 bits per heavy atom. The Kier molecular flexibility index (Phi) is 3.39. The van der Waals surface area contributed by atoms with Crippen LogP contribution in [0.2, 0.25) is 0 Å². The summed E-state index contributed by atoms with van der Waals surface area (Å²) in [5, 5.41) is 10.9. The number of anilines is 1. The maximum absolute atomic E-state index is 10.9. The van der Waals surface area contributed by atoms with Crippen molar-refractivity contribution >= 4 is 17.5 Å². The van der Waals surface area contributed by atoms with Crippen molar-refractivity contribution in [2.24, 2.45) is 0 Å². The van der Waals surface area contributed by atoms with Crippen molar-refractivity contribution < 1.29 is 9.66 Å². The van der Waals surface area contributed by atoms with Gasteiger partial charge in [-0.05, 0) is 12.1 Å². The molecular weight excluding hydrogens is 220 g/mol. The summed E-state index contributed by atoms with van der Waals surface area (Å²) in [5.41, 5.74) is 1.52. The summed E-state index contributed by atoms with van der Waals surface area (Å²) in [6.45, 7) is 6.44. The molecule has 0 unspecified atom stereocenters. The molecule has 0 atom stereocenters. The first-order valence-corrected chi connectivity index (χ1v) is 5.46. The van der Waals surface area contributed by atoms with Gasteiger partial charge in [-0.25, -0.2) is 0 Å². The molecule has 0 radical (unpaired) electrons. The van der Waals surface area contributed by atoms with E-state index in [0.717, 1.165) is 18.8 Å². The highest BCUT2D eigenvalue weighted by atomic mass is 16.6. The zero-order valence-corrected chi connectivity index (χ0v) is 9.46. The molecule has 90 valence electrons. The SMILES string of the molecule is C=Cc1ccc(N2CCOCC2)cc1[N+](=O)[O-]. The smallest absolute Gasteiger partial charge is 0.278 e. The Hall–Kier alpha value is -1.88. The number of nitrogens with zero attached hydrogens (tertiary/aromatic N) is 2. The molecular formula is C12H14N2O3. The Morgan fingerprint density at radius 2 is 2.12 bits per heavy atom. The highest BCUT2D eigenvalue weighted by Gasteiger charge is 2.17. The molecule has 5 heteroatoms. The monoisotopic (exact) mass is 234 g/mol. The summed E-state index contributed by atoms with van der Waals surface area (Å²) in [6.07, 6.45) is 1.50. The molecule has 17 heavy (non-hydrogen) atoms. The molecule has 1 aromatic rings. The zero-order valence-electron chi connectivity index (χ0n) is 9.46. The van der Waals surface area contributed by atoms with Crippen LogP contribution in [-0.2, 0) is 4.74 Å². The quantitative estimate of drug-likeness (QED) is 0.593. The molecule has 0 spiro atoms. The van der Waals surface area contributed by atoms with Crippen molar-refractivity contribution in [2.75, 3.05) is 31.2 Å². The lowest BCUT2D eigenvalue weighted by molar-refractivity contribution is -0.385. The van der Waals surface area contributed by atoms with Crippen molar-refractivity contribution in [1.82, 2.24) is 0 Å². The van der Waals surface area contributed by atoms with E-state index in [9.17, 15) is 10.1 Å². The van der Waals surface area contributed by atoms with Gasteiger partial charge in [-0.1, -0.05) is 12.7 Å². The Bertz CT molecular complexity index is 439. The van der Waals surface area contributed by atoms with Gasteiger partial charge in [0, 0.05) is 24.8 Å². The predicted octanol–water partition coefficient (Wildman–Crippen LogP) is 2.07. The maximum atomic E-state index is 10.9. The van der Waals surface area contributed by atoms with Crippen LogP contribution in [0.25, 0.3) is 6.08 Å². The number of rotatable bonds is 3. The fourth-order valence-corrected chi connectivity index (χ4v) is 1.88. The number of ether oxygens (including phenoxy) is 1. The summed E-state index contributed by atoms with van der Waals surface area (Å²) in [7, 11) is 0. The van der Waals surface area contributed by atoms with E-state index in [2.05, 4.69) is 11.5 Å². The van der Waals surface area contributed by atoms with Crippen LogP contribution >= 0.6 is 0 Å². The molecule has 1 aliphatic heterocycles. The summed E-state index contributed by atoms with van der Waals surface area (Å²) in [6, 6.07) is 5.22. The minimum Gasteiger partial charge on any atom is -0.378 e. The number of morpholine rings is 1. The van der Waals surface area contributed by atoms with Crippen molar-refractivity contribution in [3.63, 3.8) is 0 Å². The number of benzene rings is 1. The Morgan fingerprint density at radius 3 is 2.71 bits per heavy atom. The number of nitro groups is 1. The summed E-state index contributed by atoms with van der Waals surface area (Å²) < 4.78 is 5.25. The zero-order chi connectivity index (χ0) is 12.3. The third-order valence-electron chi connectivity index (χ3n) is 2.81. The normalized spacial score (nSPS) is 15.6. The second-order valence-electron chi connectivity index (χ2n) is 3.80. The van der Waals surface area contributed by atoms with Crippen LogP contribution in [-0.4, -0.2) is 31.2 Å². The summed E-state index contributed by atoms with van der Waals surface area (Å²) in [4.78, 5) is 12.6. The minimum atomic E-state index is -0.374. The van der Waals surface area contributed by atoms with Gasteiger partial charge in [0.2, 0.25) is 0 Å². The van der Waals surface area contributed by atoms with Crippen LogP contribution in [0.1, 0.15) is 5.56 Å². The van der Waals surface area contributed by atoms with Gasteiger partial charge in [0.25, 0.3) is 5.69 Å². The van der Waals surface area contributed by atoms with Crippen LogP contribution in [0.4, 0.5) is 11.4 Å². The van der Waals surface area contributed by atoms with E-state index in [1.807, 2.05) is 6.07 Å². The first-order valence-electron chi connectivity index (χ1n) is 5.46. The molecule has 5 nitrogen and oxygen atoms in total. The summed E-state index contributed by atoms with van der Waals surface area (Å²) >= 11 is 0. The molecule has 2 rings (SSSR count). The lowest BCUT2D eigenvalue weighted by atomic mass is 10.1. The first-order chi connectivity index (χ1) is 8.22. The van der Waals surface area contributed by atoms with E-state index in [-0.39, 0.29) is 10.6 Å². The average molecular weight is 234 g/mol. The highest BCUT2D eigenvalue weighted by molar-refractivity contribution is 5.66. The molecule has 1 aromatic carbocycles. The van der Waals surface area contributed by atoms with Crippen LogP contribution < -0.4 is 4.90 Å². The van der Waals surface area contributed by atoms with Crippen molar-refractivity contribution in [3.8, 4) is 0 Å². The molecule has 0 saturated carbocycles. The number of hydrogen-bond acceptors (Lipinski definition) is 4. The number of hydrogen-bond donors (Lipinski definition) is 0. The molecule has 1 aliphatic rings. The maximum Gasteiger partial charge on any atom is 0.278 e. The topological polar surface area (TPSA) is 55.6 Å². The molecule has 1 heterocycles. The predicted molar refractivity (Wildman–Crippen MR) is 66.2 cm³/mol. The molecule has 0 amide bonds. The van der Waals surface area contributed by atoms with Gasteiger partial charge in [0.05, 0.1) is 23.7 Å². The molecule has 0 aromatic heterocycles. The molecule has 0 N–H and O–H groups in total. The highest BCUT2D eigenvalue weighted by Crippen LogP contribution is 2.26. The van der Waals surface area contributed by atoms with Crippen molar-refractivity contribution in [3.05, 3.63) is 40.5 Å². The molecule has 0 bridgehead atoms. The lowest BCUT2D eigenvalue weighted by Crippen LogP contribution is -2.36. The van der Waals surface area contributed by atoms with Gasteiger partial charge in [-0.3, -0.25) is 10.1 Å². The van der Waals surface area contributed by atoms with Gasteiger partial charge in [0.15, 0.2) is 0 Å². The minimum absolute atomic E-state index is 0.101. The molecule has 0 aliphatic carbocycles. The van der Waals surface area contributed by atoms with E-state index in [1.54, 1.807) is 12.1 Å². The third kappa shape index (κ3) is 2.45. The second kappa shape index (κ2) is 4.97. The van der Waals surface area contributed by atoms with Gasteiger partial charge in [0.1, 0.15) is 0 Å². The van der Waals surface area contributed by atoms with Crippen LogP contribution in [0.3, 0.4) is 0 Å². The van der Waals surface area contributed by atoms with E-state index in [1.165, 1.54) is 6.08 Å². The lowest BCUT2D eigenvalue weighted by Gasteiger charge is -2.28. The van der Waals surface area contributed by atoms with Crippen molar-refractivity contribution in [1.29, 1.82) is 0 Å². The summed E-state index contributed by atoms with van der Waals surface area (Å²) in [5.74, 6) is 0. The largest absolute Gasteiger partial charge is 0.378 e. The van der Waals surface area contributed by atoms with Gasteiger partial charge < -0.3 is 9.64 Å². The molecule has 1 saturated heterocycles. The van der Waals surface area contributed by atoms with Gasteiger partial charge in [-0.2, -0.15) is 0 Å². The fraction of sp³-hybridized carbons (Fsp3) is 0.333. The second-order valence-corrected chi connectivity index (χ2v) is 3.80. The molecule has 1 fully saturated rings. The number of nitro benzene ring substituents is 1. The van der Waals surface area contributed by atoms with E-state index in [4.69, 9.17) is 4.74 Å². The van der Waals surface area contributed by atoms with Crippen LogP contribution in [0, 0.1) is 10.1 Å². The average Bonchev–Trinajstić information content (AvgIpc) is 2.39. The fourth-order valence-electron chi connectivity index (χ4n) is 1.88. The van der Waals surface area contributed by atoms with Gasteiger partial charge >= 0.3 is 0 Å². The standard InChI is InChI=1S/C12H14N2O3/c1-2-10-3-4-11(9-12(10)14(15)16)13-5-7-17-8-6-13/h2-4,9H,1,5-8H2. The van der Waals surface area contributed by atoms with Crippen molar-refractivity contribution in [2.45, 2.75) is 0 Å². The van der Waals surface area contributed by atoms with Crippen LogP contribution in [0.15, 0.2) is 24.8 Å². The third-order valence-corrected chi connectivity index (χ3v) is 2.81. The van der Waals surface area contributed by atoms with E-state index < -0.39 is 0 Å². The van der Waals surface area contributed by atoms with E-state index in [0.29, 0.717) is 18.8 Å². The first kappa shape index (κ1) is 11.6. The van der Waals surface area contributed by atoms with Gasteiger partial charge in [-0.15, -0.1) is 0 Å². The Balaban J connectivity index is 2.32.